The summed E-state index contributed by atoms with van der Waals surface area (Å²) in [5.74, 6) is 4.74. The van der Waals surface area contributed by atoms with Crippen molar-refractivity contribution >= 4 is 12.6 Å². The van der Waals surface area contributed by atoms with E-state index in [-0.39, 0.29) is 0 Å². The third-order valence-electron chi connectivity index (χ3n) is 0.481. The van der Waals surface area contributed by atoms with E-state index in [2.05, 4.69) is 15.6 Å². The van der Waals surface area contributed by atoms with Crippen LogP contribution in [-0.2, 0) is 0 Å². The first-order valence-corrected chi connectivity index (χ1v) is 2.40. The van der Waals surface area contributed by atoms with Crippen LogP contribution >= 0.6 is 0 Å². The van der Waals surface area contributed by atoms with Gasteiger partial charge in [0.05, 0.1) is 0 Å². The standard InChI is InChI=1S/C4H10N4/c1-2-3-7-8-4-6-5/h3-4H,2,5H2,1H3,(H,6,8)/b7-3-. The van der Waals surface area contributed by atoms with Crippen molar-refractivity contribution in [3.05, 3.63) is 0 Å². The van der Waals surface area contributed by atoms with Gasteiger partial charge in [-0.3, -0.25) is 5.43 Å². The lowest BCUT2D eigenvalue weighted by Gasteiger charge is -1.82. The van der Waals surface area contributed by atoms with Gasteiger partial charge in [0.2, 0.25) is 0 Å². The summed E-state index contributed by atoms with van der Waals surface area (Å²) in [5, 5.41) is 6.83. The van der Waals surface area contributed by atoms with Gasteiger partial charge in [-0.05, 0) is 6.42 Å². The van der Waals surface area contributed by atoms with E-state index in [1.54, 1.807) is 6.21 Å². The molecule has 0 saturated heterocycles. The van der Waals surface area contributed by atoms with Crippen molar-refractivity contribution in [3.63, 3.8) is 0 Å². The Hall–Kier alpha value is -1.06. The predicted octanol–water partition coefficient (Wildman–Crippen LogP) is -0.126. The summed E-state index contributed by atoms with van der Waals surface area (Å²) in [4.78, 5) is 0. The Labute approximate surface area is 48.5 Å². The van der Waals surface area contributed by atoms with Crippen molar-refractivity contribution < 1.29 is 0 Å². The highest BCUT2D eigenvalue weighted by Crippen LogP contribution is 1.62. The van der Waals surface area contributed by atoms with E-state index in [0.717, 1.165) is 6.42 Å². The fraction of sp³-hybridized carbons (Fsp3) is 0.500. The number of hydrogen-bond donors (Lipinski definition) is 2. The maximum atomic E-state index is 4.74. The third kappa shape index (κ3) is 4.94. The van der Waals surface area contributed by atoms with E-state index >= 15 is 0 Å². The number of nitrogens with zero attached hydrogens (tertiary/aromatic N) is 2. The van der Waals surface area contributed by atoms with E-state index in [1.165, 1.54) is 6.34 Å². The van der Waals surface area contributed by atoms with E-state index in [9.17, 15) is 0 Å². The second-order valence-corrected chi connectivity index (χ2v) is 1.13. The molecule has 0 aliphatic rings. The van der Waals surface area contributed by atoms with Crippen molar-refractivity contribution in [2.75, 3.05) is 0 Å². The molecule has 46 valence electrons. The lowest BCUT2D eigenvalue weighted by Crippen LogP contribution is -2.02. The van der Waals surface area contributed by atoms with Crippen LogP contribution in [-0.4, -0.2) is 12.6 Å². The fourth-order valence-corrected chi connectivity index (χ4v) is 0.211. The molecule has 0 heterocycles. The molecule has 0 saturated carbocycles. The molecule has 0 spiro atoms. The zero-order valence-electron chi connectivity index (χ0n) is 4.83. The number of nitrogens with one attached hydrogen (secondary N) is 1. The summed E-state index contributed by atoms with van der Waals surface area (Å²) in [6.45, 7) is 1.99. The van der Waals surface area contributed by atoms with Gasteiger partial charge >= 0.3 is 0 Å². The van der Waals surface area contributed by atoms with Crippen LogP contribution in [0, 0.1) is 0 Å². The lowest BCUT2D eigenvalue weighted by atomic mass is 10.6. The molecular formula is C4H10N4. The molecule has 8 heavy (non-hydrogen) atoms. The van der Waals surface area contributed by atoms with E-state index in [0.29, 0.717) is 0 Å². The van der Waals surface area contributed by atoms with Crippen molar-refractivity contribution in [2.45, 2.75) is 13.3 Å². The van der Waals surface area contributed by atoms with Crippen LogP contribution < -0.4 is 11.3 Å². The first kappa shape index (κ1) is 6.94. The molecule has 4 heteroatoms. The summed E-state index contributed by atoms with van der Waals surface area (Å²) < 4.78 is 0. The Morgan fingerprint density at radius 3 is 3.00 bits per heavy atom. The van der Waals surface area contributed by atoms with Crippen LogP contribution in [0.25, 0.3) is 0 Å². The first-order chi connectivity index (χ1) is 3.91. The molecule has 0 aromatic heterocycles. The fourth-order valence-electron chi connectivity index (χ4n) is 0.211. The number of hydrazone groups is 2. The molecule has 0 rings (SSSR count). The normalized spacial score (nSPS) is 11.1. The summed E-state index contributed by atoms with van der Waals surface area (Å²) >= 11 is 0. The largest absolute Gasteiger partial charge is 0.322 e. The molecule has 0 unspecified atom stereocenters. The number of hydrogen-bond acceptors (Lipinski definition) is 3. The zero-order valence-corrected chi connectivity index (χ0v) is 4.83. The molecule has 0 fully saturated rings. The van der Waals surface area contributed by atoms with Gasteiger partial charge in [-0.1, -0.05) is 6.92 Å². The molecule has 0 aromatic rings. The highest BCUT2D eigenvalue weighted by molar-refractivity contribution is 5.60. The van der Waals surface area contributed by atoms with Gasteiger partial charge in [0.15, 0.2) is 0 Å². The zero-order chi connectivity index (χ0) is 6.24. The average Bonchev–Trinajstić information content (AvgIpc) is 1.81. The van der Waals surface area contributed by atoms with Gasteiger partial charge in [-0.2, -0.15) is 10.2 Å². The lowest BCUT2D eigenvalue weighted by molar-refractivity contribution is 1.03. The molecule has 0 aliphatic heterocycles. The Balaban J connectivity index is 3.03. The first-order valence-electron chi connectivity index (χ1n) is 2.40. The van der Waals surface area contributed by atoms with Gasteiger partial charge in [-0.25, -0.2) is 0 Å². The van der Waals surface area contributed by atoms with Crippen LogP contribution in [0.4, 0.5) is 0 Å². The molecular weight excluding hydrogens is 104 g/mol. The van der Waals surface area contributed by atoms with Crippen molar-refractivity contribution in [3.8, 4) is 0 Å². The van der Waals surface area contributed by atoms with E-state index in [4.69, 9.17) is 5.84 Å². The number of nitrogens with two attached hydrogens (primary N) is 1. The topological polar surface area (TPSA) is 62.8 Å². The smallest absolute Gasteiger partial charge is 0.128 e. The van der Waals surface area contributed by atoms with Crippen LogP contribution in [0.15, 0.2) is 10.2 Å². The monoisotopic (exact) mass is 114 g/mol. The summed E-state index contributed by atoms with van der Waals surface area (Å²) in [7, 11) is 0. The maximum Gasteiger partial charge on any atom is 0.128 e. The van der Waals surface area contributed by atoms with E-state index < -0.39 is 0 Å². The molecule has 0 aliphatic carbocycles. The van der Waals surface area contributed by atoms with Gasteiger partial charge in [0, 0.05) is 6.21 Å². The van der Waals surface area contributed by atoms with Crippen molar-refractivity contribution in [1.82, 2.24) is 5.43 Å². The number of rotatable bonds is 3. The Bertz CT molecular complexity index is 86.0. The minimum absolute atomic E-state index is 0.908. The van der Waals surface area contributed by atoms with Crippen molar-refractivity contribution in [1.29, 1.82) is 0 Å². The third-order valence-corrected chi connectivity index (χ3v) is 0.481. The minimum Gasteiger partial charge on any atom is -0.322 e. The molecule has 3 N–H and O–H groups in total. The summed E-state index contributed by atoms with van der Waals surface area (Å²) in [5.41, 5.74) is 2.49. The van der Waals surface area contributed by atoms with Crippen LogP contribution in [0.5, 0.6) is 0 Å². The minimum atomic E-state index is 0.908. The van der Waals surface area contributed by atoms with Gasteiger partial charge in [0.1, 0.15) is 6.34 Å². The molecule has 0 amide bonds. The van der Waals surface area contributed by atoms with Gasteiger partial charge in [0.25, 0.3) is 0 Å². The predicted molar refractivity (Wildman–Crippen MR) is 34.6 cm³/mol. The summed E-state index contributed by atoms with van der Waals surface area (Å²) in [6, 6.07) is 0. The Morgan fingerprint density at radius 1 is 1.75 bits per heavy atom. The quantitative estimate of drug-likeness (QED) is 0.232. The van der Waals surface area contributed by atoms with Gasteiger partial charge in [-0.15, -0.1) is 0 Å². The molecule has 0 radical (unpaired) electrons. The molecule has 0 aromatic carbocycles. The highest BCUT2D eigenvalue weighted by Gasteiger charge is 1.62. The summed E-state index contributed by atoms with van der Waals surface area (Å²) in [6.07, 6.45) is 3.94. The van der Waals surface area contributed by atoms with Gasteiger partial charge < -0.3 is 5.84 Å². The maximum absolute atomic E-state index is 4.74. The van der Waals surface area contributed by atoms with Crippen molar-refractivity contribution in [2.24, 2.45) is 16.0 Å². The SMILES string of the molecule is CC/C=N\N/C=N/N. The second kappa shape index (κ2) is 5.94. The van der Waals surface area contributed by atoms with Crippen LogP contribution in [0.3, 0.4) is 0 Å². The Kier molecular flexibility index (Phi) is 5.15. The van der Waals surface area contributed by atoms with Crippen LogP contribution in [0.1, 0.15) is 13.3 Å². The second-order valence-electron chi connectivity index (χ2n) is 1.13. The Morgan fingerprint density at radius 2 is 2.50 bits per heavy atom. The average molecular weight is 114 g/mol. The molecule has 0 bridgehead atoms. The molecule has 0 atom stereocenters. The highest BCUT2D eigenvalue weighted by atomic mass is 15.3. The van der Waals surface area contributed by atoms with Crippen LogP contribution in [0.2, 0.25) is 0 Å². The molecule has 4 nitrogen and oxygen atoms in total. The van der Waals surface area contributed by atoms with E-state index in [1.807, 2.05) is 6.92 Å².